The first-order valence-electron chi connectivity index (χ1n) is 33.0. The molecule has 2 bridgehead atoms. The molecule has 0 radical (unpaired) electrons. The molecule has 8 rings (SSSR count). The highest BCUT2D eigenvalue weighted by atomic mass is 32.3. The number of likely N-dealkylation sites (N-methyl/N-ethyl adjacent to an activating group) is 1. The molecule has 2 atom stereocenters. The van der Waals surface area contributed by atoms with Gasteiger partial charge in [0.1, 0.15) is 6.04 Å². The maximum atomic E-state index is 14.2. The van der Waals surface area contributed by atoms with Crippen molar-refractivity contribution in [1.29, 1.82) is 0 Å². The topological polar surface area (TPSA) is 336 Å². The standard InChI is InChI=1S/C68H95FN12O10S/c1-80(67(87)60-46-52(78-79-73)47-81(60)65(86)31-22-48-20-26-53(27-21-48)92(69,88)89)38-40-91-42-41-90-39-37-74-61(82)32-33-68-57-43-49(75-62(83)17-11-5-2-8-14-34-70)23-28-54(57)66(55-29-24-50(44-58(55)68)76-63(84)18-12-6-3-9-15-35-71)56-30-25-51(45-59(56)68)77-64(85)19-13-7-4-10-16-36-72/h20-21,23-30,43-45,52,60,66H,2-19,22,31-42,46-47,70-72H2,1H3,(H,74,82)(H,75,83)(H,76,84)(H,77,85)/t52-,60-,66?,68?/m0/s1. The lowest BCUT2D eigenvalue weighted by atomic mass is 9.51. The molecule has 1 fully saturated rings. The number of likely N-dealkylation sites (tertiary alicyclic amines) is 1. The number of aryl methyl sites for hydroxylation is 1. The van der Waals surface area contributed by atoms with E-state index in [1.165, 1.54) is 21.9 Å². The number of benzene rings is 4. The first-order valence-corrected chi connectivity index (χ1v) is 34.4. The van der Waals surface area contributed by atoms with E-state index in [0.29, 0.717) is 67.9 Å². The quantitative estimate of drug-likeness (QED) is 0.00715. The van der Waals surface area contributed by atoms with Crippen LogP contribution in [-0.2, 0) is 60.3 Å². The maximum absolute atomic E-state index is 14.2. The second kappa shape index (κ2) is 36.8. The third-order valence-corrected chi connectivity index (χ3v) is 18.5. The molecule has 4 aliphatic rings. The molecular formula is C68H95FN12O10S. The summed E-state index contributed by atoms with van der Waals surface area (Å²) in [7, 11) is -3.28. The third kappa shape index (κ3) is 20.6. The third-order valence-electron chi connectivity index (χ3n) is 17.7. The summed E-state index contributed by atoms with van der Waals surface area (Å²) in [5.41, 5.74) is 33.7. The second-order valence-corrected chi connectivity index (χ2v) is 25.7. The van der Waals surface area contributed by atoms with E-state index in [1.807, 2.05) is 36.4 Å². The molecule has 1 aliphatic heterocycles. The molecule has 3 aliphatic carbocycles. The molecule has 24 heteroatoms. The summed E-state index contributed by atoms with van der Waals surface area (Å²) in [6.45, 7) is 3.12. The van der Waals surface area contributed by atoms with Crippen LogP contribution >= 0.6 is 0 Å². The zero-order chi connectivity index (χ0) is 65.9. The Labute approximate surface area is 541 Å². The van der Waals surface area contributed by atoms with Gasteiger partial charge in [-0.05, 0) is 170 Å². The Morgan fingerprint density at radius 1 is 0.620 bits per heavy atom. The summed E-state index contributed by atoms with van der Waals surface area (Å²) in [4.78, 5) is 87.4. The zero-order valence-electron chi connectivity index (χ0n) is 53.4. The molecule has 4 aromatic carbocycles. The molecule has 1 heterocycles. The van der Waals surface area contributed by atoms with Crippen molar-refractivity contribution in [3.05, 3.63) is 128 Å². The predicted octanol–water partition coefficient (Wildman–Crippen LogP) is 9.50. The number of nitrogens with two attached hydrogens (primary N) is 3. The van der Waals surface area contributed by atoms with E-state index in [9.17, 15) is 41.1 Å². The van der Waals surface area contributed by atoms with Crippen LogP contribution < -0.4 is 38.5 Å². The Bertz CT molecular complexity index is 3100. The molecule has 0 saturated carbocycles. The lowest BCUT2D eigenvalue weighted by molar-refractivity contribution is -0.143. The van der Waals surface area contributed by atoms with Crippen molar-refractivity contribution < 1.29 is 50.5 Å². The van der Waals surface area contributed by atoms with Crippen molar-refractivity contribution in [2.75, 3.05) is 88.7 Å². The molecule has 92 heavy (non-hydrogen) atoms. The molecule has 0 unspecified atom stereocenters. The van der Waals surface area contributed by atoms with E-state index in [0.717, 1.165) is 142 Å². The highest BCUT2D eigenvalue weighted by Gasteiger charge is 2.52. The maximum Gasteiger partial charge on any atom is 0.332 e. The summed E-state index contributed by atoms with van der Waals surface area (Å²) < 4.78 is 47.5. The molecule has 22 nitrogen and oxygen atoms in total. The Balaban J connectivity index is 1.00. The van der Waals surface area contributed by atoms with Crippen molar-refractivity contribution in [1.82, 2.24) is 15.1 Å². The number of nitrogens with zero attached hydrogens (tertiary/aromatic N) is 5. The number of nitrogens with one attached hydrogen (secondary N) is 4. The van der Waals surface area contributed by atoms with Gasteiger partial charge in [-0.25, -0.2) is 0 Å². The molecular weight excluding hydrogens is 1200 g/mol. The number of carbonyl (C=O) groups excluding carboxylic acids is 6. The summed E-state index contributed by atoms with van der Waals surface area (Å²) in [6.07, 6.45) is 15.8. The van der Waals surface area contributed by atoms with Crippen molar-refractivity contribution in [2.45, 2.75) is 176 Å². The van der Waals surface area contributed by atoms with Crippen molar-refractivity contribution in [3.63, 3.8) is 0 Å². The van der Waals surface area contributed by atoms with Gasteiger partial charge in [-0.2, -0.15) is 8.42 Å². The van der Waals surface area contributed by atoms with Crippen LogP contribution in [0.5, 0.6) is 0 Å². The van der Waals surface area contributed by atoms with Gasteiger partial charge in [0.15, 0.2) is 0 Å². The van der Waals surface area contributed by atoms with Gasteiger partial charge >= 0.3 is 10.2 Å². The minimum absolute atomic E-state index is 0.0192. The first-order chi connectivity index (χ1) is 44.5. The zero-order valence-corrected chi connectivity index (χ0v) is 54.2. The van der Waals surface area contributed by atoms with Gasteiger partial charge in [-0.3, -0.25) is 28.8 Å². The number of unbranched alkanes of at least 4 members (excludes halogenated alkanes) is 12. The van der Waals surface area contributed by atoms with Crippen LogP contribution in [0.1, 0.15) is 186 Å². The van der Waals surface area contributed by atoms with E-state index in [4.69, 9.17) is 32.2 Å². The van der Waals surface area contributed by atoms with Gasteiger partial charge in [0.25, 0.3) is 0 Å². The fourth-order valence-electron chi connectivity index (χ4n) is 12.9. The van der Waals surface area contributed by atoms with Gasteiger partial charge in [-0.15, -0.1) is 3.89 Å². The van der Waals surface area contributed by atoms with E-state index in [1.54, 1.807) is 7.05 Å². The molecule has 1 saturated heterocycles. The predicted molar refractivity (Wildman–Crippen MR) is 354 cm³/mol. The number of azide groups is 1. The molecule has 500 valence electrons. The Morgan fingerprint density at radius 2 is 1.08 bits per heavy atom. The van der Waals surface area contributed by atoms with E-state index < -0.39 is 32.6 Å². The van der Waals surface area contributed by atoms with Crippen LogP contribution in [0.25, 0.3) is 10.4 Å². The SMILES string of the molecule is CN(CCOCCOCCNC(=O)CCC12c3cc(NC(=O)CCCCCCCN)ccc3C(c3ccc(NC(=O)CCCCCCCN)cc31)c1ccc(NC(=O)CCCCCCCN)cc12)C(=O)[C@@H]1C[C@H](N=[N+]=[N-])CN1C(=O)CCc1ccc(S(=O)(=O)F)cc1. The second-order valence-electron chi connectivity index (χ2n) is 24.4. The van der Waals surface area contributed by atoms with Crippen molar-refractivity contribution >= 4 is 62.7 Å². The van der Waals surface area contributed by atoms with E-state index in [2.05, 4.69) is 49.5 Å². The van der Waals surface area contributed by atoms with Crippen molar-refractivity contribution in [3.8, 4) is 0 Å². The summed E-state index contributed by atoms with van der Waals surface area (Å²) in [5, 5.41) is 16.4. The van der Waals surface area contributed by atoms with Gasteiger partial charge < -0.3 is 57.7 Å². The number of carbonyl (C=O) groups is 6. The monoisotopic (exact) mass is 1290 g/mol. The molecule has 0 spiro atoms. The number of anilines is 3. The fraction of sp³-hybridized carbons (Fsp3) is 0.559. The number of hydrogen-bond acceptors (Lipinski definition) is 14. The molecule has 10 N–H and O–H groups in total. The highest BCUT2D eigenvalue weighted by molar-refractivity contribution is 7.86. The van der Waals surface area contributed by atoms with Gasteiger partial charge in [0.05, 0.1) is 37.4 Å². The smallest absolute Gasteiger partial charge is 0.332 e. The van der Waals surface area contributed by atoms with Crippen LogP contribution in [0.4, 0.5) is 20.9 Å². The summed E-state index contributed by atoms with van der Waals surface area (Å²) in [6, 6.07) is 21.8. The van der Waals surface area contributed by atoms with Crippen LogP contribution in [-0.4, -0.2) is 138 Å². The average molecular weight is 1290 g/mol. The largest absolute Gasteiger partial charge is 0.377 e. The van der Waals surface area contributed by atoms with Crippen molar-refractivity contribution in [2.24, 2.45) is 22.3 Å². The summed E-state index contributed by atoms with van der Waals surface area (Å²) in [5.74, 6) is -1.42. The highest BCUT2D eigenvalue weighted by Crippen LogP contribution is 2.62. The Morgan fingerprint density at radius 3 is 1.53 bits per heavy atom. The summed E-state index contributed by atoms with van der Waals surface area (Å²) >= 11 is 0. The minimum Gasteiger partial charge on any atom is -0.377 e. The molecule has 0 aromatic heterocycles. The first kappa shape index (κ1) is 72.1. The number of rotatable bonds is 42. The van der Waals surface area contributed by atoms with Gasteiger partial charge in [0.2, 0.25) is 35.4 Å². The fourth-order valence-corrected chi connectivity index (χ4v) is 13.4. The number of ether oxygens (including phenoxy) is 2. The number of hydrogen-bond donors (Lipinski definition) is 7. The lowest BCUT2D eigenvalue weighted by Gasteiger charge is -2.51. The average Bonchev–Trinajstić information content (AvgIpc) is 0.756. The van der Waals surface area contributed by atoms with E-state index >= 15 is 0 Å². The van der Waals surface area contributed by atoms with Gasteiger partial charge in [0, 0.05) is 92.1 Å². The Hall–Kier alpha value is -7.31. The van der Waals surface area contributed by atoms with Crippen LogP contribution in [0.15, 0.2) is 88.9 Å². The Kier molecular flexibility index (Phi) is 28.9. The number of halogens is 1. The number of amides is 6. The van der Waals surface area contributed by atoms with E-state index in [-0.39, 0.29) is 113 Å². The molecule has 6 amide bonds. The molecule has 4 aromatic rings. The lowest BCUT2D eigenvalue weighted by Crippen LogP contribution is -2.47. The minimum atomic E-state index is -4.87. The van der Waals surface area contributed by atoms with Crippen LogP contribution in [0, 0.1) is 0 Å². The van der Waals surface area contributed by atoms with Crippen LogP contribution in [0.2, 0.25) is 0 Å². The van der Waals surface area contributed by atoms with Crippen LogP contribution in [0.3, 0.4) is 0 Å². The normalized spacial score (nSPS) is 16.8. The van der Waals surface area contributed by atoms with Gasteiger partial charge in [-0.1, -0.05) is 93.2 Å².